The van der Waals surface area contributed by atoms with Gasteiger partial charge in [-0.25, -0.2) is 9.18 Å². The molecule has 0 aliphatic carbocycles. The van der Waals surface area contributed by atoms with E-state index in [4.69, 9.17) is 4.74 Å². The van der Waals surface area contributed by atoms with Crippen LogP contribution in [-0.4, -0.2) is 29.6 Å². The van der Waals surface area contributed by atoms with Crippen LogP contribution in [0.25, 0.3) is 0 Å². The van der Waals surface area contributed by atoms with Crippen LogP contribution in [0.3, 0.4) is 0 Å². The molecule has 0 spiro atoms. The van der Waals surface area contributed by atoms with Crippen LogP contribution in [0.5, 0.6) is 5.75 Å². The first kappa shape index (κ1) is 17.9. The smallest absolute Gasteiger partial charge is 0.329 e. The fourth-order valence-corrected chi connectivity index (χ4v) is 2.22. The molecule has 0 saturated carbocycles. The minimum Gasteiger partial charge on any atom is -0.494 e. The molecule has 1 atom stereocenters. The first-order valence-electron chi connectivity index (χ1n) is 7.19. The molecule has 122 valence electrons. The van der Waals surface area contributed by atoms with Crippen molar-refractivity contribution >= 4 is 11.9 Å². The van der Waals surface area contributed by atoms with Crippen LogP contribution in [0.1, 0.15) is 38.7 Å². The van der Waals surface area contributed by atoms with Crippen molar-refractivity contribution in [3.8, 4) is 5.75 Å². The van der Waals surface area contributed by atoms with Crippen molar-refractivity contribution in [3.63, 3.8) is 0 Å². The highest BCUT2D eigenvalue weighted by atomic mass is 19.1. The highest BCUT2D eigenvalue weighted by molar-refractivity contribution is 5.86. The third-order valence-electron chi connectivity index (χ3n) is 3.49. The van der Waals surface area contributed by atoms with Crippen LogP contribution in [0.2, 0.25) is 0 Å². The largest absolute Gasteiger partial charge is 0.494 e. The van der Waals surface area contributed by atoms with Crippen molar-refractivity contribution < 1.29 is 23.8 Å². The van der Waals surface area contributed by atoms with Crippen molar-refractivity contribution in [1.29, 1.82) is 0 Å². The van der Waals surface area contributed by atoms with E-state index < -0.39 is 17.3 Å². The number of carbonyl (C=O) groups is 2. The van der Waals surface area contributed by atoms with Crippen molar-refractivity contribution in [2.24, 2.45) is 0 Å². The van der Waals surface area contributed by atoms with E-state index in [1.165, 1.54) is 26.2 Å². The number of methoxy groups -OCH3 is 1. The number of hydrogen-bond donors (Lipinski definition) is 2. The van der Waals surface area contributed by atoms with Gasteiger partial charge in [-0.05, 0) is 37.5 Å². The number of amides is 1. The lowest BCUT2D eigenvalue weighted by molar-refractivity contribution is -0.147. The van der Waals surface area contributed by atoms with Gasteiger partial charge in [-0.2, -0.15) is 0 Å². The Balaban J connectivity index is 2.62. The van der Waals surface area contributed by atoms with E-state index in [1.807, 2.05) is 6.92 Å². The third kappa shape index (κ3) is 4.72. The molecule has 1 amide bonds. The molecule has 2 N–H and O–H groups in total. The number of carboxylic acids is 1. The van der Waals surface area contributed by atoms with Crippen LogP contribution in [-0.2, 0) is 16.0 Å². The maximum Gasteiger partial charge on any atom is 0.329 e. The Morgan fingerprint density at radius 1 is 1.41 bits per heavy atom. The summed E-state index contributed by atoms with van der Waals surface area (Å²) in [5, 5.41) is 11.8. The van der Waals surface area contributed by atoms with E-state index in [0.717, 1.165) is 0 Å². The molecule has 1 aromatic rings. The summed E-state index contributed by atoms with van der Waals surface area (Å²) in [6.45, 7) is 3.34. The van der Waals surface area contributed by atoms with Gasteiger partial charge < -0.3 is 15.2 Å². The first-order valence-corrected chi connectivity index (χ1v) is 7.19. The van der Waals surface area contributed by atoms with E-state index in [-0.39, 0.29) is 18.1 Å². The average Bonchev–Trinajstić information content (AvgIpc) is 2.45. The summed E-state index contributed by atoms with van der Waals surface area (Å²) in [7, 11) is 1.38. The van der Waals surface area contributed by atoms with Crippen LogP contribution in [0.15, 0.2) is 18.2 Å². The lowest BCUT2D eigenvalue weighted by Crippen LogP contribution is -2.52. The van der Waals surface area contributed by atoms with Crippen molar-refractivity contribution in [1.82, 2.24) is 5.32 Å². The third-order valence-corrected chi connectivity index (χ3v) is 3.49. The zero-order valence-corrected chi connectivity index (χ0v) is 13.1. The Bertz CT molecular complexity index is 547. The number of halogens is 1. The Kier molecular flexibility index (Phi) is 6.34. The minimum atomic E-state index is -1.27. The summed E-state index contributed by atoms with van der Waals surface area (Å²) in [6, 6.07) is 4.49. The fourth-order valence-electron chi connectivity index (χ4n) is 2.22. The Morgan fingerprint density at radius 2 is 2.09 bits per heavy atom. The predicted molar refractivity (Wildman–Crippen MR) is 80.4 cm³/mol. The summed E-state index contributed by atoms with van der Waals surface area (Å²) in [4.78, 5) is 23.2. The second-order valence-corrected chi connectivity index (χ2v) is 5.40. The Hall–Kier alpha value is -2.11. The fraction of sp³-hybridized carbons (Fsp3) is 0.500. The summed E-state index contributed by atoms with van der Waals surface area (Å²) in [6.07, 6.45) is 1.42. The lowest BCUT2D eigenvalue weighted by atomic mass is 9.96. The van der Waals surface area contributed by atoms with Gasteiger partial charge >= 0.3 is 5.97 Å². The molecule has 22 heavy (non-hydrogen) atoms. The van der Waals surface area contributed by atoms with E-state index in [0.29, 0.717) is 24.8 Å². The maximum atomic E-state index is 13.5. The van der Waals surface area contributed by atoms with Crippen LogP contribution >= 0.6 is 0 Å². The average molecular weight is 311 g/mol. The number of hydrogen-bond acceptors (Lipinski definition) is 3. The van der Waals surface area contributed by atoms with E-state index in [2.05, 4.69) is 5.32 Å². The Morgan fingerprint density at radius 3 is 2.59 bits per heavy atom. The SMILES string of the molecule is CCCC(C)(NC(=O)CCc1ccc(OC)c(F)c1)C(=O)O. The number of benzene rings is 1. The predicted octanol–water partition coefficient (Wildman–Crippen LogP) is 2.53. The molecule has 0 aliphatic rings. The lowest BCUT2D eigenvalue weighted by Gasteiger charge is -2.25. The molecular weight excluding hydrogens is 289 g/mol. The normalized spacial score (nSPS) is 13.3. The van der Waals surface area contributed by atoms with Crippen molar-refractivity contribution in [3.05, 3.63) is 29.6 Å². The van der Waals surface area contributed by atoms with Crippen molar-refractivity contribution in [2.75, 3.05) is 7.11 Å². The molecule has 1 unspecified atom stereocenters. The van der Waals surface area contributed by atoms with Gasteiger partial charge in [0.05, 0.1) is 7.11 Å². The quantitative estimate of drug-likeness (QED) is 0.773. The molecule has 1 rings (SSSR count). The summed E-state index contributed by atoms with van der Waals surface area (Å²) in [5.74, 6) is -1.76. The van der Waals surface area contributed by atoms with Gasteiger partial charge in [-0.1, -0.05) is 19.4 Å². The first-order chi connectivity index (χ1) is 10.3. The summed E-state index contributed by atoms with van der Waals surface area (Å²) < 4.78 is 18.4. The molecule has 6 heteroatoms. The number of carbonyl (C=O) groups excluding carboxylic acids is 1. The van der Waals surface area contributed by atoms with Gasteiger partial charge in [-0.3, -0.25) is 4.79 Å². The van der Waals surface area contributed by atoms with Gasteiger partial charge in [-0.15, -0.1) is 0 Å². The number of ether oxygens (including phenoxy) is 1. The molecule has 0 radical (unpaired) electrons. The standard InChI is InChI=1S/C16H22FNO4/c1-4-9-16(2,15(20)21)18-14(19)8-6-11-5-7-13(22-3)12(17)10-11/h5,7,10H,4,6,8-9H2,1-3H3,(H,18,19)(H,20,21). The highest BCUT2D eigenvalue weighted by Gasteiger charge is 2.33. The Labute approximate surface area is 129 Å². The zero-order valence-electron chi connectivity index (χ0n) is 13.1. The molecule has 0 aliphatic heterocycles. The molecule has 0 fully saturated rings. The molecular formula is C16H22FNO4. The summed E-state index contributed by atoms with van der Waals surface area (Å²) >= 11 is 0. The second-order valence-electron chi connectivity index (χ2n) is 5.40. The van der Waals surface area contributed by atoms with Gasteiger partial charge in [0.1, 0.15) is 5.54 Å². The highest BCUT2D eigenvalue weighted by Crippen LogP contribution is 2.19. The van der Waals surface area contributed by atoms with Gasteiger partial charge in [0.25, 0.3) is 0 Å². The molecule has 0 heterocycles. The van der Waals surface area contributed by atoms with Crippen molar-refractivity contribution in [2.45, 2.75) is 45.1 Å². The van der Waals surface area contributed by atoms with Gasteiger partial charge in [0.15, 0.2) is 11.6 Å². The second kappa shape index (κ2) is 7.77. The number of rotatable bonds is 8. The maximum absolute atomic E-state index is 13.5. The number of nitrogens with one attached hydrogen (secondary N) is 1. The molecule has 5 nitrogen and oxygen atoms in total. The van der Waals surface area contributed by atoms with Crippen LogP contribution < -0.4 is 10.1 Å². The number of carboxylic acid groups (broad SMARTS) is 1. The molecule has 1 aromatic carbocycles. The van der Waals surface area contributed by atoms with E-state index in [9.17, 15) is 19.1 Å². The monoisotopic (exact) mass is 311 g/mol. The minimum absolute atomic E-state index is 0.0956. The van der Waals surface area contributed by atoms with Crippen LogP contribution in [0, 0.1) is 5.82 Å². The van der Waals surface area contributed by atoms with Crippen LogP contribution in [0.4, 0.5) is 4.39 Å². The molecule has 0 saturated heterocycles. The zero-order chi connectivity index (χ0) is 16.8. The number of aryl methyl sites for hydroxylation is 1. The topological polar surface area (TPSA) is 75.6 Å². The molecule has 0 bridgehead atoms. The molecule has 0 aromatic heterocycles. The van der Waals surface area contributed by atoms with Gasteiger partial charge in [0.2, 0.25) is 5.91 Å². The van der Waals surface area contributed by atoms with E-state index in [1.54, 1.807) is 6.07 Å². The number of aliphatic carboxylic acids is 1. The van der Waals surface area contributed by atoms with E-state index >= 15 is 0 Å². The van der Waals surface area contributed by atoms with Gasteiger partial charge in [0, 0.05) is 6.42 Å². The summed E-state index contributed by atoms with van der Waals surface area (Å²) in [5.41, 5.74) is -0.613.